The lowest BCUT2D eigenvalue weighted by atomic mass is 10.2. The topological polar surface area (TPSA) is 46.3 Å². The Balaban J connectivity index is 1.61. The van der Waals surface area contributed by atoms with Crippen molar-refractivity contribution in [3.8, 4) is 11.3 Å². The van der Waals surface area contributed by atoms with Gasteiger partial charge in [-0.15, -0.1) is 11.3 Å². The zero-order valence-electron chi connectivity index (χ0n) is 14.2. The molecule has 0 atom stereocenters. The number of oxazole rings is 1. The second kappa shape index (κ2) is 8.23. The van der Waals surface area contributed by atoms with Crippen LogP contribution in [0.15, 0.2) is 46.3 Å². The lowest BCUT2D eigenvalue weighted by Gasteiger charge is -2.19. The summed E-state index contributed by atoms with van der Waals surface area (Å²) in [4.78, 5) is 19.4. The van der Waals surface area contributed by atoms with Gasteiger partial charge in [-0.25, -0.2) is 13.8 Å². The van der Waals surface area contributed by atoms with Gasteiger partial charge in [0.1, 0.15) is 11.6 Å². The van der Waals surface area contributed by atoms with Crippen LogP contribution < -0.4 is 0 Å². The lowest BCUT2D eigenvalue weighted by Crippen LogP contribution is -2.30. The summed E-state index contributed by atoms with van der Waals surface area (Å²) in [5, 5.41) is 1.98. The van der Waals surface area contributed by atoms with Crippen molar-refractivity contribution in [2.75, 3.05) is 6.54 Å². The molecule has 0 aliphatic heterocycles. The number of aromatic nitrogens is 1. The van der Waals surface area contributed by atoms with Crippen LogP contribution in [-0.2, 0) is 17.8 Å². The summed E-state index contributed by atoms with van der Waals surface area (Å²) in [6, 6.07) is 7.22. The average Bonchev–Trinajstić information content (AvgIpc) is 3.29. The van der Waals surface area contributed by atoms with Gasteiger partial charge >= 0.3 is 0 Å². The number of carbonyl (C=O) groups is 1. The highest BCUT2D eigenvalue weighted by molar-refractivity contribution is 7.09. The number of thiophene rings is 1. The van der Waals surface area contributed by atoms with Gasteiger partial charge in [-0.05, 0) is 30.5 Å². The highest BCUT2D eigenvalue weighted by Gasteiger charge is 2.16. The van der Waals surface area contributed by atoms with Crippen molar-refractivity contribution in [2.24, 2.45) is 0 Å². The summed E-state index contributed by atoms with van der Waals surface area (Å²) >= 11 is 1.61. The second-order valence-electron chi connectivity index (χ2n) is 5.73. The SMILES string of the molecule is CCN(Cc1cccs1)C(=O)CCc1ncc(-c2ccc(F)cc2F)o1. The van der Waals surface area contributed by atoms with Crippen LogP contribution in [0, 0.1) is 11.6 Å². The first kappa shape index (κ1) is 18.3. The van der Waals surface area contributed by atoms with E-state index in [1.165, 1.54) is 12.3 Å². The Kier molecular flexibility index (Phi) is 5.78. The van der Waals surface area contributed by atoms with Crippen molar-refractivity contribution in [1.29, 1.82) is 0 Å². The number of hydrogen-bond donors (Lipinski definition) is 0. The van der Waals surface area contributed by atoms with Crippen molar-refractivity contribution >= 4 is 17.2 Å². The molecule has 136 valence electrons. The fraction of sp³-hybridized carbons (Fsp3) is 0.263. The quantitative estimate of drug-likeness (QED) is 0.602. The smallest absolute Gasteiger partial charge is 0.223 e. The van der Waals surface area contributed by atoms with Crippen LogP contribution in [0.5, 0.6) is 0 Å². The van der Waals surface area contributed by atoms with E-state index in [1.54, 1.807) is 16.2 Å². The summed E-state index contributed by atoms with van der Waals surface area (Å²) in [6.45, 7) is 3.14. The number of halogens is 2. The van der Waals surface area contributed by atoms with Crippen molar-refractivity contribution in [3.05, 3.63) is 64.3 Å². The van der Waals surface area contributed by atoms with Gasteiger partial charge in [0.25, 0.3) is 0 Å². The molecule has 0 aliphatic rings. The van der Waals surface area contributed by atoms with Gasteiger partial charge in [-0.1, -0.05) is 6.07 Å². The summed E-state index contributed by atoms with van der Waals surface area (Å²) in [7, 11) is 0. The summed E-state index contributed by atoms with van der Waals surface area (Å²) < 4.78 is 32.3. The van der Waals surface area contributed by atoms with Crippen LogP contribution >= 0.6 is 11.3 Å². The monoisotopic (exact) mass is 376 g/mol. The number of carbonyl (C=O) groups excluding carboxylic acids is 1. The van der Waals surface area contributed by atoms with Gasteiger partial charge in [0.05, 0.1) is 18.3 Å². The minimum absolute atomic E-state index is 0.00797. The van der Waals surface area contributed by atoms with Gasteiger partial charge in [0.2, 0.25) is 5.91 Å². The molecule has 0 unspecified atom stereocenters. The number of hydrogen-bond acceptors (Lipinski definition) is 4. The van der Waals surface area contributed by atoms with Crippen LogP contribution in [0.3, 0.4) is 0 Å². The Hall–Kier alpha value is -2.54. The van der Waals surface area contributed by atoms with Gasteiger partial charge in [-0.3, -0.25) is 4.79 Å². The van der Waals surface area contributed by atoms with E-state index in [9.17, 15) is 13.6 Å². The van der Waals surface area contributed by atoms with E-state index < -0.39 is 11.6 Å². The minimum Gasteiger partial charge on any atom is -0.441 e. The van der Waals surface area contributed by atoms with E-state index in [4.69, 9.17) is 4.42 Å². The molecule has 0 saturated carbocycles. The van der Waals surface area contributed by atoms with E-state index in [1.807, 2.05) is 24.4 Å². The molecule has 0 fully saturated rings. The van der Waals surface area contributed by atoms with Crippen LogP contribution in [-0.4, -0.2) is 22.3 Å². The largest absolute Gasteiger partial charge is 0.441 e. The molecule has 3 aromatic rings. The molecule has 0 bridgehead atoms. The number of nitrogens with zero attached hydrogens (tertiary/aromatic N) is 2. The van der Waals surface area contributed by atoms with E-state index in [0.29, 0.717) is 25.4 Å². The third-order valence-corrected chi connectivity index (χ3v) is 4.83. The third-order valence-electron chi connectivity index (χ3n) is 3.96. The molecule has 0 saturated heterocycles. The molecular weight excluding hydrogens is 358 g/mol. The summed E-state index contributed by atoms with van der Waals surface area (Å²) in [6.07, 6.45) is 1.97. The van der Waals surface area contributed by atoms with Crippen LogP contribution in [0.1, 0.15) is 24.1 Å². The molecule has 2 aromatic heterocycles. The fourth-order valence-electron chi connectivity index (χ4n) is 2.58. The predicted octanol–water partition coefficient (Wildman–Crippen LogP) is 4.66. The molecule has 26 heavy (non-hydrogen) atoms. The molecule has 0 aliphatic carbocycles. The number of amides is 1. The normalized spacial score (nSPS) is 10.9. The molecule has 1 aromatic carbocycles. The van der Waals surface area contributed by atoms with Crippen molar-refractivity contribution in [3.63, 3.8) is 0 Å². The molecular formula is C19H18F2N2O2S. The lowest BCUT2D eigenvalue weighted by molar-refractivity contribution is -0.131. The molecule has 0 radical (unpaired) electrons. The van der Waals surface area contributed by atoms with Gasteiger partial charge in [0.15, 0.2) is 11.7 Å². The molecule has 0 spiro atoms. The van der Waals surface area contributed by atoms with Crippen LogP contribution in [0.2, 0.25) is 0 Å². The average molecular weight is 376 g/mol. The zero-order valence-corrected chi connectivity index (χ0v) is 15.1. The standard InChI is InChI=1S/C19H18F2N2O2S/c1-2-23(12-14-4-3-9-26-14)19(24)8-7-18-22-11-17(25-18)15-6-5-13(20)10-16(15)21/h3-6,9-11H,2,7-8,12H2,1H3. The first-order valence-electron chi connectivity index (χ1n) is 8.27. The molecule has 1 amide bonds. The minimum atomic E-state index is -0.711. The Morgan fingerprint density at radius 1 is 1.31 bits per heavy atom. The fourth-order valence-corrected chi connectivity index (χ4v) is 3.30. The summed E-state index contributed by atoms with van der Waals surface area (Å²) in [5.74, 6) is -0.785. The highest BCUT2D eigenvalue weighted by Crippen LogP contribution is 2.24. The van der Waals surface area contributed by atoms with E-state index in [2.05, 4.69) is 4.98 Å². The molecule has 3 rings (SSSR count). The van der Waals surface area contributed by atoms with Crippen LogP contribution in [0.25, 0.3) is 11.3 Å². The zero-order chi connectivity index (χ0) is 18.5. The Bertz CT molecular complexity index is 878. The van der Waals surface area contributed by atoms with Crippen LogP contribution in [0.4, 0.5) is 8.78 Å². The Morgan fingerprint density at radius 3 is 2.85 bits per heavy atom. The van der Waals surface area contributed by atoms with E-state index in [0.717, 1.165) is 17.0 Å². The van der Waals surface area contributed by atoms with Crippen molar-refractivity contribution in [1.82, 2.24) is 9.88 Å². The second-order valence-corrected chi connectivity index (χ2v) is 6.76. The molecule has 0 N–H and O–H groups in total. The Labute approximate surface area is 154 Å². The van der Waals surface area contributed by atoms with E-state index in [-0.39, 0.29) is 23.7 Å². The predicted molar refractivity (Wildman–Crippen MR) is 95.6 cm³/mol. The third kappa shape index (κ3) is 4.35. The number of benzene rings is 1. The maximum atomic E-state index is 13.8. The maximum Gasteiger partial charge on any atom is 0.223 e. The first-order chi connectivity index (χ1) is 12.6. The molecule has 2 heterocycles. The van der Waals surface area contributed by atoms with Crippen molar-refractivity contribution in [2.45, 2.75) is 26.3 Å². The van der Waals surface area contributed by atoms with Crippen molar-refractivity contribution < 1.29 is 18.0 Å². The molecule has 4 nitrogen and oxygen atoms in total. The highest BCUT2D eigenvalue weighted by atomic mass is 32.1. The molecule has 7 heteroatoms. The maximum absolute atomic E-state index is 13.8. The first-order valence-corrected chi connectivity index (χ1v) is 9.15. The van der Waals surface area contributed by atoms with Gasteiger partial charge in [-0.2, -0.15) is 0 Å². The number of rotatable bonds is 7. The van der Waals surface area contributed by atoms with E-state index >= 15 is 0 Å². The number of aryl methyl sites for hydroxylation is 1. The Morgan fingerprint density at radius 2 is 2.15 bits per heavy atom. The van der Waals surface area contributed by atoms with Gasteiger partial charge in [0, 0.05) is 30.3 Å². The van der Waals surface area contributed by atoms with Gasteiger partial charge < -0.3 is 9.32 Å². The summed E-state index contributed by atoms with van der Waals surface area (Å²) in [5.41, 5.74) is 0.143.